The smallest absolute Gasteiger partial charge is 0.243 e. The van der Waals surface area contributed by atoms with Crippen LogP contribution in [0.3, 0.4) is 0 Å². The van der Waals surface area contributed by atoms with Gasteiger partial charge in [0.25, 0.3) is 0 Å². The quantitative estimate of drug-likeness (QED) is 0.264. The van der Waals surface area contributed by atoms with Gasteiger partial charge in [-0.15, -0.1) is 0 Å². The number of anilines is 1. The topological polar surface area (TPSA) is 86.8 Å². The van der Waals surface area contributed by atoms with Gasteiger partial charge in [0.1, 0.15) is 6.04 Å². The normalized spacial score (nSPS) is 12.8. The summed E-state index contributed by atoms with van der Waals surface area (Å²) in [6.45, 7) is 6.45. The molecule has 3 aromatic rings. The third-order valence-electron chi connectivity index (χ3n) is 7.25. The van der Waals surface area contributed by atoms with Gasteiger partial charge in [-0.2, -0.15) is 0 Å². The molecule has 0 aromatic heterocycles. The van der Waals surface area contributed by atoms with Gasteiger partial charge < -0.3 is 10.2 Å². The van der Waals surface area contributed by atoms with E-state index in [1.54, 1.807) is 17.0 Å². The maximum absolute atomic E-state index is 13.9. The van der Waals surface area contributed by atoms with Crippen molar-refractivity contribution >= 4 is 27.5 Å². The van der Waals surface area contributed by atoms with Crippen LogP contribution in [0.4, 0.5) is 5.69 Å². The van der Waals surface area contributed by atoms with Crippen LogP contribution in [-0.4, -0.2) is 50.0 Å². The van der Waals surface area contributed by atoms with Gasteiger partial charge in [-0.25, -0.2) is 8.42 Å². The molecule has 0 aliphatic rings. The molecule has 0 aliphatic carbocycles. The Kier molecular flexibility index (Phi) is 12.0. The molecule has 41 heavy (non-hydrogen) atoms. The van der Waals surface area contributed by atoms with Crippen molar-refractivity contribution in [1.82, 2.24) is 10.2 Å². The number of sulfonamides is 1. The zero-order chi connectivity index (χ0) is 29.8. The largest absolute Gasteiger partial charge is 0.352 e. The molecule has 3 aromatic carbocycles. The summed E-state index contributed by atoms with van der Waals surface area (Å²) in [5, 5.41) is 3.08. The van der Waals surface area contributed by atoms with Crippen molar-refractivity contribution in [2.75, 3.05) is 17.1 Å². The van der Waals surface area contributed by atoms with E-state index < -0.39 is 16.1 Å². The van der Waals surface area contributed by atoms with Crippen LogP contribution in [0.5, 0.6) is 0 Å². The molecule has 0 unspecified atom stereocenters. The van der Waals surface area contributed by atoms with Gasteiger partial charge in [0.15, 0.2) is 0 Å². The first-order chi connectivity index (χ1) is 19.6. The van der Waals surface area contributed by atoms with E-state index in [1.165, 1.54) is 10.6 Å². The number of nitrogens with zero attached hydrogens (tertiary/aromatic N) is 2. The summed E-state index contributed by atoms with van der Waals surface area (Å²) in [7, 11) is -3.55. The van der Waals surface area contributed by atoms with Crippen molar-refractivity contribution in [2.24, 2.45) is 0 Å². The molecule has 0 radical (unpaired) electrons. The lowest BCUT2D eigenvalue weighted by Crippen LogP contribution is -2.52. The molecular weight excluding hydrogens is 534 g/mol. The Bertz CT molecular complexity index is 1350. The maximum Gasteiger partial charge on any atom is 0.243 e. The zero-order valence-electron chi connectivity index (χ0n) is 24.6. The molecule has 0 heterocycles. The molecule has 0 spiro atoms. The predicted octanol–water partition coefficient (Wildman–Crippen LogP) is 5.35. The number of benzene rings is 3. The number of hydrogen-bond donors (Lipinski definition) is 1. The number of amides is 2. The zero-order valence-corrected chi connectivity index (χ0v) is 25.4. The fraction of sp³-hybridized carbons (Fsp3) is 0.394. The van der Waals surface area contributed by atoms with Crippen LogP contribution >= 0.6 is 0 Å². The minimum atomic E-state index is -3.55. The van der Waals surface area contributed by atoms with Crippen LogP contribution in [0, 0.1) is 0 Å². The van der Waals surface area contributed by atoms with E-state index in [0.717, 1.165) is 29.5 Å². The highest BCUT2D eigenvalue weighted by atomic mass is 32.2. The van der Waals surface area contributed by atoms with Gasteiger partial charge in [0.2, 0.25) is 21.8 Å². The molecule has 220 valence electrons. The van der Waals surface area contributed by atoms with Crippen molar-refractivity contribution in [3.63, 3.8) is 0 Å². The van der Waals surface area contributed by atoms with E-state index in [2.05, 4.69) is 5.32 Å². The molecule has 8 heteroatoms. The van der Waals surface area contributed by atoms with Crippen molar-refractivity contribution in [3.05, 3.63) is 102 Å². The minimum absolute atomic E-state index is 0.0307. The fourth-order valence-electron chi connectivity index (χ4n) is 4.68. The van der Waals surface area contributed by atoms with Gasteiger partial charge >= 0.3 is 0 Å². The SMILES string of the molecule is CCc1ccc(N(CCCC(=O)N(Cc2ccccc2)[C@@H](Cc2ccccc2)C(=O)N[C@@H](C)CC)S(C)(=O)=O)cc1. The third kappa shape index (κ3) is 9.74. The minimum Gasteiger partial charge on any atom is -0.352 e. The molecule has 0 saturated heterocycles. The Morgan fingerprint density at radius 1 is 0.829 bits per heavy atom. The molecule has 0 aliphatic heterocycles. The molecule has 2 atom stereocenters. The highest BCUT2D eigenvalue weighted by Crippen LogP contribution is 2.21. The second-order valence-corrected chi connectivity index (χ2v) is 12.4. The van der Waals surface area contributed by atoms with E-state index in [0.29, 0.717) is 18.5 Å². The summed E-state index contributed by atoms with van der Waals surface area (Å²) in [4.78, 5) is 29.1. The molecular formula is C33H43N3O4S. The Morgan fingerprint density at radius 3 is 1.95 bits per heavy atom. The fourth-order valence-corrected chi connectivity index (χ4v) is 5.64. The second kappa shape index (κ2) is 15.4. The highest BCUT2D eigenvalue weighted by molar-refractivity contribution is 7.92. The lowest BCUT2D eigenvalue weighted by molar-refractivity contribution is -0.141. The first-order valence-electron chi connectivity index (χ1n) is 14.4. The standard InChI is InChI=1S/C33H43N3O4S/c1-5-26(3)34-33(38)31(24-28-14-9-7-10-15-28)35(25-29-16-11-8-12-17-29)32(37)18-13-23-36(41(4,39)40)30-21-19-27(6-2)20-22-30/h7-12,14-17,19-22,26,31H,5-6,13,18,23-25H2,1-4H3,(H,34,38)/t26-,31-/m0/s1. The van der Waals surface area contributed by atoms with Gasteiger partial charge in [-0.3, -0.25) is 13.9 Å². The van der Waals surface area contributed by atoms with Crippen LogP contribution in [0.1, 0.15) is 56.7 Å². The first kappa shape index (κ1) is 31.9. The summed E-state index contributed by atoms with van der Waals surface area (Å²) < 4.78 is 26.6. The molecule has 0 fully saturated rings. The van der Waals surface area contributed by atoms with Crippen molar-refractivity contribution in [2.45, 2.75) is 71.5 Å². The van der Waals surface area contributed by atoms with Gasteiger partial charge in [-0.1, -0.05) is 86.6 Å². The maximum atomic E-state index is 13.9. The summed E-state index contributed by atoms with van der Waals surface area (Å²) >= 11 is 0. The van der Waals surface area contributed by atoms with Crippen LogP contribution in [0.25, 0.3) is 0 Å². The Labute approximate surface area is 245 Å². The molecule has 1 N–H and O–H groups in total. The van der Waals surface area contributed by atoms with Gasteiger partial charge in [0.05, 0.1) is 11.9 Å². The summed E-state index contributed by atoms with van der Waals surface area (Å²) in [6, 6.07) is 26.0. The van der Waals surface area contributed by atoms with Crippen LogP contribution in [0.15, 0.2) is 84.9 Å². The molecule has 0 bridgehead atoms. The Hall–Kier alpha value is -3.65. The van der Waals surface area contributed by atoms with Crippen LogP contribution in [-0.2, 0) is 39.0 Å². The Balaban J connectivity index is 1.85. The number of carbonyl (C=O) groups excluding carboxylic acids is 2. The van der Waals surface area contributed by atoms with E-state index in [4.69, 9.17) is 0 Å². The Morgan fingerprint density at radius 2 is 1.41 bits per heavy atom. The predicted molar refractivity (Wildman–Crippen MR) is 166 cm³/mol. The van der Waals surface area contributed by atoms with Crippen molar-refractivity contribution in [3.8, 4) is 0 Å². The van der Waals surface area contributed by atoms with E-state index >= 15 is 0 Å². The lowest BCUT2D eigenvalue weighted by atomic mass is 10.0. The summed E-state index contributed by atoms with van der Waals surface area (Å²) in [6.07, 6.45) is 3.61. The summed E-state index contributed by atoms with van der Waals surface area (Å²) in [5.74, 6) is -0.384. The average molecular weight is 578 g/mol. The van der Waals surface area contributed by atoms with Crippen molar-refractivity contribution < 1.29 is 18.0 Å². The molecule has 7 nitrogen and oxygen atoms in total. The van der Waals surface area contributed by atoms with Crippen LogP contribution < -0.4 is 9.62 Å². The highest BCUT2D eigenvalue weighted by Gasteiger charge is 2.31. The number of carbonyl (C=O) groups is 2. The van der Waals surface area contributed by atoms with E-state index in [1.807, 2.05) is 93.6 Å². The second-order valence-electron chi connectivity index (χ2n) is 10.5. The van der Waals surface area contributed by atoms with Gasteiger partial charge in [0, 0.05) is 32.0 Å². The third-order valence-corrected chi connectivity index (χ3v) is 8.45. The molecule has 0 saturated carbocycles. The first-order valence-corrected chi connectivity index (χ1v) is 16.2. The number of nitrogens with one attached hydrogen (secondary N) is 1. The lowest BCUT2D eigenvalue weighted by Gasteiger charge is -2.32. The average Bonchev–Trinajstić information content (AvgIpc) is 2.97. The molecule has 3 rings (SSSR count). The van der Waals surface area contributed by atoms with E-state index in [9.17, 15) is 18.0 Å². The van der Waals surface area contributed by atoms with Gasteiger partial charge in [-0.05, 0) is 55.0 Å². The van der Waals surface area contributed by atoms with E-state index in [-0.39, 0.29) is 37.4 Å². The number of aryl methyl sites for hydroxylation is 1. The monoisotopic (exact) mass is 577 g/mol. The van der Waals surface area contributed by atoms with Crippen LogP contribution in [0.2, 0.25) is 0 Å². The number of rotatable bonds is 15. The number of hydrogen-bond acceptors (Lipinski definition) is 4. The molecule has 2 amide bonds. The van der Waals surface area contributed by atoms with Crippen molar-refractivity contribution in [1.29, 1.82) is 0 Å². The summed E-state index contributed by atoms with van der Waals surface area (Å²) in [5.41, 5.74) is 3.58.